The molecule has 3 heterocycles. The number of piperidine rings is 1. The van der Waals surface area contributed by atoms with Crippen LogP contribution in [0.3, 0.4) is 0 Å². The predicted molar refractivity (Wildman–Crippen MR) is 80.3 cm³/mol. The minimum atomic E-state index is 0.536. The van der Waals surface area contributed by atoms with E-state index in [4.69, 9.17) is 0 Å². The Morgan fingerprint density at radius 2 is 2.06 bits per heavy atom. The summed E-state index contributed by atoms with van der Waals surface area (Å²) in [6.45, 7) is 7.55. The zero-order valence-corrected chi connectivity index (χ0v) is 12.8. The molecule has 0 radical (unpaired) electrons. The fraction of sp³-hybridized carbons (Fsp3) is 1.00. The van der Waals surface area contributed by atoms with Crippen molar-refractivity contribution in [2.75, 3.05) is 24.6 Å². The molecule has 0 aromatic rings. The Hall–Kier alpha value is 0.270. The van der Waals surface area contributed by atoms with Gasteiger partial charge in [0, 0.05) is 23.9 Å². The van der Waals surface area contributed by atoms with Gasteiger partial charge in [0.15, 0.2) is 0 Å². The van der Waals surface area contributed by atoms with Gasteiger partial charge in [-0.25, -0.2) is 0 Å². The van der Waals surface area contributed by atoms with Gasteiger partial charge >= 0.3 is 0 Å². The van der Waals surface area contributed by atoms with E-state index in [1.165, 1.54) is 56.7 Å². The molecule has 3 unspecified atom stereocenters. The molecular weight excluding hydrogens is 240 g/mol. The lowest BCUT2D eigenvalue weighted by Crippen LogP contribution is -2.51. The summed E-state index contributed by atoms with van der Waals surface area (Å²) in [5.41, 5.74) is 0.536. The van der Waals surface area contributed by atoms with Gasteiger partial charge in [0.1, 0.15) is 0 Å². The Morgan fingerprint density at radius 1 is 1.17 bits per heavy atom. The Kier molecular flexibility index (Phi) is 3.93. The third kappa shape index (κ3) is 3.05. The Morgan fingerprint density at radius 3 is 2.89 bits per heavy atom. The SMILES string of the molecule is CC1(C)CSCC(NC2CCN3CCCC3C2)C1. The number of nitrogens with zero attached hydrogens (tertiary/aromatic N) is 1. The van der Waals surface area contributed by atoms with E-state index in [2.05, 4.69) is 35.8 Å². The van der Waals surface area contributed by atoms with Crippen molar-refractivity contribution >= 4 is 11.8 Å². The maximum absolute atomic E-state index is 3.98. The number of nitrogens with one attached hydrogen (secondary N) is 1. The zero-order chi connectivity index (χ0) is 12.6. The molecule has 0 aromatic heterocycles. The predicted octanol–water partition coefficient (Wildman–Crippen LogP) is 2.73. The smallest absolute Gasteiger partial charge is 0.0166 e. The summed E-state index contributed by atoms with van der Waals surface area (Å²) in [4.78, 5) is 2.72. The fourth-order valence-electron chi connectivity index (χ4n) is 4.08. The van der Waals surface area contributed by atoms with E-state index < -0.39 is 0 Å². The number of rotatable bonds is 2. The summed E-state index contributed by atoms with van der Waals surface area (Å²) in [7, 11) is 0. The molecule has 3 rings (SSSR count). The van der Waals surface area contributed by atoms with Gasteiger partial charge < -0.3 is 10.2 Å². The average molecular weight is 268 g/mol. The van der Waals surface area contributed by atoms with Crippen LogP contribution >= 0.6 is 11.8 Å². The second kappa shape index (κ2) is 5.34. The van der Waals surface area contributed by atoms with Gasteiger partial charge in [-0.15, -0.1) is 0 Å². The topological polar surface area (TPSA) is 15.3 Å². The molecule has 3 heteroatoms. The normalized spacial score (nSPS) is 40.7. The molecule has 3 saturated heterocycles. The summed E-state index contributed by atoms with van der Waals surface area (Å²) in [6.07, 6.45) is 7.03. The maximum atomic E-state index is 3.98. The van der Waals surface area contributed by atoms with Crippen LogP contribution in [0.2, 0.25) is 0 Å². The molecule has 0 saturated carbocycles. The highest BCUT2D eigenvalue weighted by Gasteiger charge is 2.34. The van der Waals surface area contributed by atoms with Crippen LogP contribution in [-0.4, -0.2) is 47.6 Å². The molecule has 0 aromatic carbocycles. The molecule has 0 spiro atoms. The van der Waals surface area contributed by atoms with E-state index in [1.807, 2.05) is 0 Å². The molecule has 18 heavy (non-hydrogen) atoms. The summed E-state index contributed by atoms with van der Waals surface area (Å²) in [6, 6.07) is 2.46. The average Bonchev–Trinajstić information content (AvgIpc) is 2.74. The van der Waals surface area contributed by atoms with Crippen molar-refractivity contribution in [2.45, 2.75) is 64.1 Å². The van der Waals surface area contributed by atoms with Crippen LogP contribution in [0.4, 0.5) is 0 Å². The van der Waals surface area contributed by atoms with Gasteiger partial charge in [-0.05, 0) is 56.4 Å². The number of hydrogen-bond acceptors (Lipinski definition) is 3. The van der Waals surface area contributed by atoms with Crippen LogP contribution in [0.25, 0.3) is 0 Å². The standard InChI is InChI=1S/C15H28N2S/c1-15(2)9-13(10-18-11-15)16-12-5-7-17-6-3-4-14(17)8-12/h12-14,16H,3-11H2,1-2H3. The molecule has 2 nitrogen and oxygen atoms in total. The van der Waals surface area contributed by atoms with E-state index in [-0.39, 0.29) is 0 Å². The van der Waals surface area contributed by atoms with Crippen molar-refractivity contribution in [2.24, 2.45) is 5.41 Å². The first kappa shape index (κ1) is 13.3. The van der Waals surface area contributed by atoms with Crippen molar-refractivity contribution in [1.29, 1.82) is 0 Å². The Balaban J connectivity index is 1.50. The molecule has 3 aliphatic heterocycles. The first-order valence-corrected chi connectivity index (χ1v) is 8.86. The monoisotopic (exact) mass is 268 g/mol. The molecular formula is C15H28N2S. The molecule has 1 N–H and O–H groups in total. The number of fused-ring (bicyclic) bond motifs is 1. The van der Waals surface area contributed by atoms with Crippen LogP contribution in [0.1, 0.15) is 46.0 Å². The van der Waals surface area contributed by atoms with Crippen molar-refractivity contribution < 1.29 is 0 Å². The highest BCUT2D eigenvalue weighted by molar-refractivity contribution is 7.99. The van der Waals surface area contributed by atoms with Gasteiger partial charge in [-0.2, -0.15) is 11.8 Å². The lowest BCUT2D eigenvalue weighted by atomic mass is 9.87. The third-order valence-corrected chi connectivity index (χ3v) is 6.53. The summed E-state index contributed by atoms with van der Waals surface area (Å²) >= 11 is 2.15. The van der Waals surface area contributed by atoms with E-state index in [9.17, 15) is 0 Å². The first-order valence-electron chi connectivity index (χ1n) is 7.70. The maximum Gasteiger partial charge on any atom is 0.0166 e. The quantitative estimate of drug-likeness (QED) is 0.829. The molecule has 3 aliphatic rings. The lowest BCUT2D eigenvalue weighted by molar-refractivity contribution is 0.156. The van der Waals surface area contributed by atoms with Crippen LogP contribution in [0.15, 0.2) is 0 Å². The van der Waals surface area contributed by atoms with Gasteiger partial charge in [0.25, 0.3) is 0 Å². The molecule has 104 valence electrons. The zero-order valence-electron chi connectivity index (χ0n) is 12.0. The van der Waals surface area contributed by atoms with Crippen LogP contribution in [-0.2, 0) is 0 Å². The number of thioether (sulfide) groups is 1. The van der Waals surface area contributed by atoms with Gasteiger partial charge in [-0.1, -0.05) is 13.8 Å². The van der Waals surface area contributed by atoms with Crippen LogP contribution < -0.4 is 5.32 Å². The highest BCUT2D eigenvalue weighted by Crippen LogP contribution is 2.34. The largest absolute Gasteiger partial charge is 0.310 e. The van der Waals surface area contributed by atoms with Crippen molar-refractivity contribution in [3.8, 4) is 0 Å². The highest BCUT2D eigenvalue weighted by atomic mass is 32.2. The number of hydrogen-bond donors (Lipinski definition) is 1. The van der Waals surface area contributed by atoms with Gasteiger partial charge in [0.05, 0.1) is 0 Å². The van der Waals surface area contributed by atoms with Gasteiger partial charge in [0.2, 0.25) is 0 Å². The van der Waals surface area contributed by atoms with Crippen molar-refractivity contribution in [3.63, 3.8) is 0 Å². The van der Waals surface area contributed by atoms with Crippen molar-refractivity contribution in [3.05, 3.63) is 0 Å². The molecule has 0 bridgehead atoms. The van der Waals surface area contributed by atoms with Crippen LogP contribution in [0.5, 0.6) is 0 Å². The van der Waals surface area contributed by atoms with Crippen LogP contribution in [0, 0.1) is 5.41 Å². The summed E-state index contributed by atoms with van der Waals surface area (Å²) in [5, 5.41) is 3.98. The van der Waals surface area contributed by atoms with Crippen molar-refractivity contribution in [1.82, 2.24) is 10.2 Å². The molecule has 3 fully saturated rings. The van der Waals surface area contributed by atoms with E-state index in [1.54, 1.807) is 0 Å². The van der Waals surface area contributed by atoms with Gasteiger partial charge in [-0.3, -0.25) is 0 Å². The summed E-state index contributed by atoms with van der Waals surface area (Å²) < 4.78 is 0. The minimum Gasteiger partial charge on any atom is -0.310 e. The molecule has 0 aliphatic carbocycles. The summed E-state index contributed by atoms with van der Waals surface area (Å²) in [5.74, 6) is 2.67. The Labute approximate surface area is 116 Å². The molecule has 3 atom stereocenters. The lowest BCUT2D eigenvalue weighted by Gasteiger charge is -2.40. The second-order valence-electron chi connectivity index (χ2n) is 7.30. The fourth-order valence-corrected chi connectivity index (χ4v) is 5.37. The second-order valence-corrected chi connectivity index (χ2v) is 8.33. The minimum absolute atomic E-state index is 0.536. The van der Waals surface area contributed by atoms with E-state index in [0.29, 0.717) is 5.41 Å². The van der Waals surface area contributed by atoms with E-state index in [0.717, 1.165) is 18.1 Å². The third-order valence-electron chi connectivity index (χ3n) is 4.90. The van der Waals surface area contributed by atoms with E-state index >= 15 is 0 Å². The molecule has 0 amide bonds. The Bertz CT molecular complexity index is 292. The first-order chi connectivity index (χ1) is 8.62.